The summed E-state index contributed by atoms with van der Waals surface area (Å²) < 4.78 is 5.34. The number of amides is 1. The van der Waals surface area contributed by atoms with Crippen molar-refractivity contribution >= 4 is 29.1 Å². The van der Waals surface area contributed by atoms with Gasteiger partial charge in [-0.2, -0.15) is 0 Å². The molecule has 0 heterocycles. The molecule has 0 atom stereocenters. The van der Waals surface area contributed by atoms with Crippen molar-refractivity contribution in [2.24, 2.45) is 0 Å². The Morgan fingerprint density at radius 2 is 1.78 bits per heavy atom. The number of benzene rings is 1. The molecular weight excluding hydrogens is 273 g/mol. The van der Waals surface area contributed by atoms with E-state index in [1.54, 1.807) is 18.2 Å². The number of carbonyl (C=O) groups is 1. The summed E-state index contributed by atoms with van der Waals surface area (Å²) in [4.78, 5) is 11.6. The molecule has 0 bridgehead atoms. The highest BCUT2D eigenvalue weighted by Gasteiger charge is 2.09. The first kappa shape index (κ1) is 15.1. The maximum Gasteiger partial charge on any atom is 0.258 e. The SMILES string of the molecule is CCC(CC)NC(=O)COc1cc(Cl)cc(Cl)c1. The molecule has 0 spiro atoms. The fourth-order valence-corrected chi connectivity index (χ4v) is 2.03. The number of hydrogen-bond acceptors (Lipinski definition) is 2. The van der Waals surface area contributed by atoms with Gasteiger partial charge in [0.05, 0.1) is 0 Å². The van der Waals surface area contributed by atoms with Gasteiger partial charge in [0.15, 0.2) is 6.61 Å². The van der Waals surface area contributed by atoms with Crippen LogP contribution in [0.1, 0.15) is 26.7 Å². The van der Waals surface area contributed by atoms with Crippen molar-refractivity contribution < 1.29 is 9.53 Å². The summed E-state index contributed by atoms with van der Waals surface area (Å²) in [6.07, 6.45) is 1.82. The second-order valence-electron chi connectivity index (χ2n) is 3.97. The smallest absolute Gasteiger partial charge is 0.258 e. The lowest BCUT2D eigenvalue weighted by Gasteiger charge is -2.15. The first-order valence-electron chi connectivity index (χ1n) is 5.93. The molecule has 0 aromatic heterocycles. The highest BCUT2D eigenvalue weighted by atomic mass is 35.5. The van der Waals surface area contributed by atoms with Crippen molar-refractivity contribution in [3.05, 3.63) is 28.2 Å². The van der Waals surface area contributed by atoms with E-state index in [9.17, 15) is 4.79 Å². The predicted molar refractivity (Wildman–Crippen MR) is 74.5 cm³/mol. The van der Waals surface area contributed by atoms with Gasteiger partial charge in [-0.05, 0) is 31.0 Å². The van der Waals surface area contributed by atoms with E-state index >= 15 is 0 Å². The van der Waals surface area contributed by atoms with Crippen molar-refractivity contribution in [2.45, 2.75) is 32.7 Å². The van der Waals surface area contributed by atoms with Gasteiger partial charge in [0.1, 0.15) is 5.75 Å². The molecule has 1 aromatic carbocycles. The lowest BCUT2D eigenvalue weighted by Crippen LogP contribution is -2.37. The number of nitrogens with one attached hydrogen (secondary N) is 1. The first-order valence-corrected chi connectivity index (χ1v) is 6.69. The second kappa shape index (κ2) is 7.49. The minimum absolute atomic E-state index is 0.0346. The molecule has 1 aromatic rings. The van der Waals surface area contributed by atoms with E-state index in [1.165, 1.54) is 0 Å². The first-order chi connectivity index (χ1) is 8.55. The van der Waals surface area contributed by atoms with Crippen LogP contribution in [0.2, 0.25) is 10.0 Å². The summed E-state index contributed by atoms with van der Waals surface area (Å²) in [7, 11) is 0. The molecular formula is C13H17Cl2NO2. The lowest BCUT2D eigenvalue weighted by atomic mass is 10.2. The largest absolute Gasteiger partial charge is 0.484 e. The molecule has 0 aliphatic rings. The molecule has 1 N–H and O–H groups in total. The van der Waals surface area contributed by atoms with E-state index in [-0.39, 0.29) is 18.6 Å². The van der Waals surface area contributed by atoms with Gasteiger partial charge in [-0.15, -0.1) is 0 Å². The summed E-state index contributed by atoms with van der Waals surface area (Å²) in [6, 6.07) is 5.06. The Morgan fingerprint density at radius 1 is 1.22 bits per heavy atom. The normalized spacial score (nSPS) is 10.5. The zero-order chi connectivity index (χ0) is 13.5. The standard InChI is InChI=1S/C13H17Cl2NO2/c1-3-11(4-2)16-13(17)8-18-12-6-9(14)5-10(15)7-12/h5-7,11H,3-4,8H2,1-2H3,(H,16,17). The van der Waals surface area contributed by atoms with Crippen molar-refractivity contribution in [1.82, 2.24) is 5.32 Å². The van der Waals surface area contributed by atoms with Crippen LogP contribution in [0, 0.1) is 0 Å². The monoisotopic (exact) mass is 289 g/mol. The van der Waals surface area contributed by atoms with E-state index in [0.717, 1.165) is 12.8 Å². The van der Waals surface area contributed by atoms with Crippen molar-refractivity contribution in [2.75, 3.05) is 6.61 Å². The third kappa shape index (κ3) is 5.15. The van der Waals surface area contributed by atoms with Crippen LogP contribution in [0.5, 0.6) is 5.75 Å². The van der Waals surface area contributed by atoms with Crippen LogP contribution in [-0.2, 0) is 4.79 Å². The Hall–Kier alpha value is -0.930. The molecule has 0 fully saturated rings. The summed E-state index contributed by atoms with van der Waals surface area (Å²) in [5, 5.41) is 3.85. The van der Waals surface area contributed by atoms with E-state index in [4.69, 9.17) is 27.9 Å². The molecule has 5 heteroatoms. The van der Waals surface area contributed by atoms with Gasteiger partial charge in [-0.25, -0.2) is 0 Å². The average Bonchev–Trinajstić information content (AvgIpc) is 2.32. The minimum atomic E-state index is -0.139. The average molecular weight is 290 g/mol. The van der Waals surface area contributed by atoms with Gasteiger partial charge in [0.25, 0.3) is 5.91 Å². The van der Waals surface area contributed by atoms with Crippen LogP contribution in [-0.4, -0.2) is 18.6 Å². The van der Waals surface area contributed by atoms with Crippen LogP contribution in [0.15, 0.2) is 18.2 Å². The third-order valence-corrected chi connectivity index (χ3v) is 2.99. The number of ether oxygens (including phenoxy) is 1. The van der Waals surface area contributed by atoms with Crippen LogP contribution >= 0.6 is 23.2 Å². The summed E-state index contributed by atoms with van der Waals surface area (Å²) in [5.41, 5.74) is 0. The highest BCUT2D eigenvalue weighted by Crippen LogP contribution is 2.23. The highest BCUT2D eigenvalue weighted by molar-refractivity contribution is 6.34. The molecule has 18 heavy (non-hydrogen) atoms. The fourth-order valence-electron chi connectivity index (χ4n) is 1.52. The molecule has 0 radical (unpaired) electrons. The quantitative estimate of drug-likeness (QED) is 0.868. The molecule has 3 nitrogen and oxygen atoms in total. The van der Waals surface area contributed by atoms with Crippen LogP contribution in [0.4, 0.5) is 0 Å². The van der Waals surface area contributed by atoms with Crippen LogP contribution in [0.25, 0.3) is 0 Å². The molecule has 0 unspecified atom stereocenters. The Labute approximate surface area is 117 Å². The van der Waals surface area contributed by atoms with Crippen LogP contribution < -0.4 is 10.1 Å². The molecule has 0 saturated carbocycles. The van der Waals surface area contributed by atoms with Gasteiger partial charge < -0.3 is 10.1 Å². The second-order valence-corrected chi connectivity index (χ2v) is 4.85. The summed E-state index contributed by atoms with van der Waals surface area (Å²) in [5.74, 6) is 0.354. The van der Waals surface area contributed by atoms with Gasteiger partial charge in [0.2, 0.25) is 0 Å². The maximum atomic E-state index is 11.6. The molecule has 0 saturated heterocycles. The van der Waals surface area contributed by atoms with Crippen molar-refractivity contribution in [3.8, 4) is 5.75 Å². The zero-order valence-corrected chi connectivity index (χ0v) is 12.0. The molecule has 100 valence electrons. The van der Waals surface area contributed by atoms with Crippen molar-refractivity contribution in [1.29, 1.82) is 0 Å². The molecule has 0 aliphatic heterocycles. The Bertz CT molecular complexity index is 386. The van der Waals surface area contributed by atoms with E-state index < -0.39 is 0 Å². The number of hydrogen-bond donors (Lipinski definition) is 1. The van der Waals surface area contributed by atoms with E-state index in [1.807, 2.05) is 13.8 Å². The zero-order valence-electron chi connectivity index (χ0n) is 10.5. The maximum absolute atomic E-state index is 11.6. The summed E-state index contributed by atoms with van der Waals surface area (Å²) in [6.45, 7) is 4.03. The predicted octanol–water partition coefficient (Wildman–Crippen LogP) is 3.68. The summed E-state index contributed by atoms with van der Waals surface area (Å²) >= 11 is 11.7. The lowest BCUT2D eigenvalue weighted by molar-refractivity contribution is -0.123. The van der Waals surface area contributed by atoms with E-state index in [2.05, 4.69) is 5.32 Å². The molecule has 1 rings (SSSR count). The van der Waals surface area contributed by atoms with Gasteiger partial charge in [-0.3, -0.25) is 4.79 Å². The van der Waals surface area contributed by atoms with Gasteiger partial charge >= 0.3 is 0 Å². The van der Waals surface area contributed by atoms with E-state index in [0.29, 0.717) is 15.8 Å². The number of halogens is 2. The Kier molecular flexibility index (Phi) is 6.30. The molecule has 0 aliphatic carbocycles. The Morgan fingerprint density at radius 3 is 2.28 bits per heavy atom. The van der Waals surface area contributed by atoms with Gasteiger partial charge in [0, 0.05) is 16.1 Å². The number of carbonyl (C=O) groups excluding carboxylic acids is 1. The fraction of sp³-hybridized carbons (Fsp3) is 0.462. The topological polar surface area (TPSA) is 38.3 Å². The number of rotatable bonds is 6. The minimum Gasteiger partial charge on any atom is -0.484 e. The van der Waals surface area contributed by atoms with Crippen molar-refractivity contribution in [3.63, 3.8) is 0 Å². The molecule has 1 amide bonds. The Balaban J connectivity index is 2.47. The third-order valence-electron chi connectivity index (χ3n) is 2.56. The van der Waals surface area contributed by atoms with Crippen LogP contribution in [0.3, 0.4) is 0 Å². The van der Waals surface area contributed by atoms with Gasteiger partial charge in [-0.1, -0.05) is 37.0 Å².